The number of carbonyl (C=O) groups excluding carboxylic acids is 2. The van der Waals surface area contributed by atoms with Crippen molar-refractivity contribution in [3.8, 4) is 0 Å². The van der Waals surface area contributed by atoms with Crippen LogP contribution in [0.4, 0.5) is 4.79 Å². The molecule has 1 heterocycles. The van der Waals surface area contributed by atoms with Gasteiger partial charge in [-0.25, -0.2) is 9.78 Å². The predicted octanol–water partition coefficient (Wildman–Crippen LogP) is 1.99. The van der Waals surface area contributed by atoms with Crippen LogP contribution >= 0.6 is 0 Å². The van der Waals surface area contributed by atoms with Gasteiger partial charge in [0.15, 0.2) is 0 Å². The van der Waals surface area contributed by atoms with Crippen molar-refractivity contribution in [2.24, 2.45) is 0 Å². The molecular weight excluding hydrogens is 284 g/mol. The summed E-state index contributed by atoms with van der Waals surface area (Å²) in [6.07, 6.45) is 3.23. The lowest BCUT2D eigenvalue weighted by molar-refractivity contribution is -0.121. The van der Waals surface area contributed by atoms with Crippen molar-refractivity contribution < 1.29 is 14.3 Å². The van der Waals surface area contributed by atoms with Crippen LogP contribution in [0.15, 0.2) is 12.5 Å². The SMILES string of the molecule is CCNC(=O)CCn1cncc1[C@H](C)NC(=O)OC(C)(C)C. The summed E-state index contributed by atoms with van der Waals surface area (Å²) in [5.41, 5.74) is 0.289. The molecule has 0 saturated heterocycles. The number of carbonyl (C=O) groups is 2. The molecule has 1 aromatic rings. The van der Waals surface area contributed by atoms with Crippen LogP contribution in [0.3, 0.4) is 0 Å². The van der Waals surface area contributed by atoms with Crippen LogP contribution in [-0.2, 0) is 16.1 Å². The summed E-state index contributed by atoms with van der Waals surface area (Å²) in [4.78, 5) is 27.4. The van der Waals surface area contributed by atoms with Gasteiger partial charge in [-0.2, -0.15) is 0 Å². The topological polar surface area (TPSA) is 85.3 Å². The van der Waals surface area contributed by atoms with E-state index in [1.54, 1.807) is 12.5 Å². The van der Waals surface area contributed by atoms with Gasteiger partial charge in [0.1, 0.15) is 5.60 Å². The van der Waals surface area contributed by atoms with E-state index in [0.717, 1.165) is 5.69 Å². The summed E-state index contributed by atoms with van der Waals surface area (Å²) in [5, 5.41) is 5.52. The number of nitrogens with one attached hydrogen (secondary N) is 2. The number of aryl methyl sites for hydroxylation is 1. The van der Waals surface area contributed by atoms with Gasteiger partial charge in [0.2, 0.25) is 5.91 Å². The molecule has 0 spiro atoms. The van der Waals surface area contributed by atoms with E-state index in [2.05, 4.69) is 15.6 Å². The minimum Gasteiger partial charge on any atom is -0.444 e. The Bertz CT molecular complexity index is 505. The van der Waals surface area contributed by atoms with Crippen LogP contribution in [-0.4, -0.2) is 33.7 Å². The van der Waals surface area contributed by atoms with Gasteiger partial charge in [-0.15, -0.1) is 0 Å². The lowest BCUT2D eigenvalue weighted by Gasteiger charge is -2.22. The van der Waals surface area contributed by atoms with Gasteiger partial charge >= 0.3 is 6.09 Å². The minimum absolute atomic E-state index is 0.00472. The summed E-state index contributed by atoms with van der Waals surface area (Å²) in [6.45, 7) is 10.3. The highest BCUT2D eigenvalue weighted by Crippen LogP contribution is 2.14. The second kappa shape index (κ2) is 7.82. The lowest BCUT2D eigenvalue weighted by atomic mass is 10.2. The molecule has 7 nitrogen and oxygen atoms in total. The smallest absolute Gasteiger partial charge is 0.408 e. The maximum atomic E-state index is 11.8. The number of nitrogens with zero attached hydrogens (tertiary/aromatic N) is 2. The Balaban J connectivity index is 2.60. The van der Waals surface area contributed by atoms with E-state index in [4.69, 9.17) is 4.74 Å². The first-order valence-electron chi connectivity index (χ1n) is 7.49. The summed E-state index contributed by atoms with van der Waals surface area (Å²) >= 11 is 0. The van der Waals surface area contributed by atoms with Gasteiger partial charge in [0.05, 0.1) is 24.3 Å². The fourth-order valence-electron chi connectivity index (χ4n) is 1.94. The molecule has 0 bridgehead atoms. The zero-order chi connectivity index (χ0) is 16.8. The van der Waals surface area contributed by atoms with Crippen LogP contribution < -0.4 is 10.6 Å². The van der Waals surface area contributed by atoms with Gasteiger partial charge in [0, 0.05) is 19.5 Å². The molecule has 1 aromatic heterocycles. The Labute approximate surface area is 131 Å². The van der Waals surface area contributed by atoms with Gasteiger partial charge in [-0.3, -0.25) is 4.79 Å². The molecule has 1 atom stereocenters. The number of ether oxygens (including phenoxy) is 1. The van der Waals surface area contributed by atoms with Crippen LogP contribution in [0.5, 0.6) is 0 Å². The summed E-state index contributed by atoms with van der Waals surface area (Å²) in [5.74, 6) is -0.00472. The normalized spacial score (nSPS) is 12.6. The number of hydrogen-bond donors (Lipinski definition) is 2. The highest BCUT2D eigenvalue weighted by molar-refractivity contribution is 5.75. The molecule has 0 aliphatic carbocycles. The molecule has 0 unspecified atom stereocenters. The molecular formula is C15H26N4O3. The van der Waals surface area contributed by atoms with Gasteiger partial charge < -0.3 is 19.9 Å². The van der Waals surface area contributed by atoms with E-state index in [1.807, 2.05) is 39.2 Å². The Morgan fingerprint density at radius 2 is 2.09 bits per heavy atom. The highest BCUT2D eigenvalue weighted by atomic mass is 16.6. The monoisotopic (exact) mass is 310 g/mol. The standard InChI is InChI=1S/C15H26N4O3/c1-6-17-13(20)7-8-19-10-16-9-12(19)11(2)18-14(21)22-15(3,4)5/h9-11H,6-8H2,1-5H3,(H,17,20)(H,18,21)/t11-/m0/s1. The van der Waals surface area contributed by atoms with Crippen molar-refractivity contribution in [3.63, 3.8) is 0 Å². The number of aromatic nitrogens is 2. The van der Waals surface area contributed by atoms with Crippen molar-refractivity contribution >= 4 is 12.0 Å². The molecule has 0 saturated carbocycles. The van der Waals surface area contributed by atoms with Crippen LogP contribution in [0.2, 0.25) is 0 Å². The van der Waals surface area contributed by atoms with E-state index in [1.165, 1.54) is 0 Å². The van der Waals surface area contributed by atoms with Gasteiger partial charge in [-0.05, 0) is 34.6 Å². The molecule has 2 N–H and O–H groups in total. The fraction of sp³-hybridized carbons (Fsp3) is 0.667. The minimum atomic E-state index is -0.539. The Morgan fingerprint density at radius 3 is 2.68 bits per heavy atom. The van der Waals surface area contributed by atoms with Crippen molar-refractivity contribution in [1.29, 1.82) is 0 Å². The van der Waals surface area contributed by atoms with Crippen LogP contribution in [0.25, 0.3) is 0 Å². The second-order valence-electron chi connectivity index (χ2n) is 6.08. The first-order valence-corrected chi connectivity index (χ1v) is 7.49. The third-order valence-corrected chi connectivity index (χ3v) is 2.88. The third-order valence-electron chi connectivity index (χ3n) is 2.88. The molecule has 2 amide bonds. The first-order chi connectivity index (χ1) is 10.2. The molecule has 0 radical (unpaired) electrons. The Morgan fingerprint density at radius 1 is 1.41 bits per heavy atom. The van der Waals surface area contributed by atoms with Crippen molar-refractivity contribution in [2.75, 3.05) is 6.54 Å². The Kier molecular flexibility index (Phi) is 6.39. The largest absolute Gasteiger partial charge is 0.444 e. The summed E-state index contributed by atoms with van der Waals surface area (Å²) < 4.78 is 7.09. The quantitative estimate of drug-likeness (QED) is 0.841. The molecule has 7 heteroatoms. The van der Waals surface area contributed by atoms with E-state index < -0.39 is 11.7 Å². The van der Waals surface area contributed by atoms with Crippen molar-refractivity contribution in [3.05, 3.63) is 18.2 Å². The molecule has 124 valence electrons. The van der Waals surface area contributed by atoms with E-state index in [-0.39, 0.29) is 11.9 Å². The van der Waals surface area contributed by atoms with Crippen molar-refractivity contribution in [2.45, 2.75) is 59.2 Å². The van der Waals surface area contributed by atoms with Crippen LogP contribution in [0.1, 0.15) is 52.8 Å². The summed E-state index contributed by atoms with van der Waals surface area (Å²) in [7, 11) is 0. The number of alkyl carbamates (subject to hydrolysis) is 1. The average Bonchev–Trinajstić information content (AvgIpc) is 2.82. The molecule has 0 aromatic carbocycles. The first kappa shape index (κ1) is 18.0. The van der Waals surface area contributed by atoms with Crippen LogP contribution in [0, 0.1) is 0 Å². The second-order valence-corrected chi connectivity index (χ2v) is 6.08. The molecule has 0 aliphatic rings. The van der Waals surface area contributed by atoms with E-state index >= 15 is 0 Å². The highest BCUT2D eigenvalue weighted by Gasteiger charge is 2.20. The number of imidazole rings is 1. The number of hydrogen-bond acceptors (Lipinski definition) is 4. The van der Waals surface area contributed by atoms with Gasteiger partial charge in [-0.1, -0.05) is 0 Å². The fourth-order valence-corrected chi connectivity index (χ4v) is 1.94. The number of amides is 2. The molecule has 0 aliphatic heterocycles. The van der Waals surface area contributed by atoms with E-state index in [0.29, 0.717) is 19.5 Å². The molecule has 1 rings (SSSR count). The third kappa shape index (κ3) is 6.15. The Hall–Kier alpha value is -2.05. The molecule has 22 heavy (non-hydrogen) atoms. The number of rotatable bonds is 6. The molecule has 0 fully saturated rings. The predicted molar refractivity (Wildman–Crippen MR) is 83.3 cm³/mol. The lowest BCUT2D eigenvalue weighted by Crippen LogP contribution is -2.34. The van der Waals surface area contributed by atoms with Crippen molar-refractivity contribution in [1.82, 2.24) is 20.2 Å². The summed E-state index contributed by atoms with van der Waals surface area (Å²) in [6, 6.07) is -0.258. The van der Waals surface area contributed by atoms with Gasteiger partial charge in [0.25, 0.3) is 0 Å². The van der Waals surface area contributed by atoms with E-state index in [9.17, 15) is 9.59 Å². The zero-order valence-corrected chi connectivity index (χ0v) is 14.0. The zero-order valence-electron chi connectivity index (χ0n) is 14.0. The maximum Gasteiger partial charge on any atom is 0.408 e. The maximum absolute atomic E-state index is 11.8. The average molecular weight is 310 g/mol.